The highest BCUT2D eigenvalue weighted by Crippen LogP contribution is 2.16. The van der Waals surface area contributed by atoms with Gasteiger partial charge >= 0.3 is 12.1 Å². The molecule has 0 saturated carbocycles. The number of ether oxygens (including phenoxy) is 2. The molecule has 0 aliphatic heterocycles. The first-order valence-corrected chi connectivity index (χ1v) is 5.17. The molecule has 8 heteroatoms. The van der Waals surface area contributed by atoms with E-state index >= 15 is 0 Å². The Morgan fingerprint density at radius 2 is 2.17 bits per heavy atom. The van der Waals surface area contributed by atoms with Gasteiger partial charge in [0.1, 0.15) is 17.9 Å². The van der Waals surface area contributed by atoms with Crippen molar-refractivity contribution in [2.75, 3.05) is 13.2 Å². The molecule has 0 spiro atoms. The van der Waals surface area contributed by atoms with Crippen LogP contribution in [0.25, 0.3) is 0 Å². The fraction of sp³-hybridized carbons (Fsp3) is 0.600. The third-order valence-electron chi connectivity index (χ3n) is 1.91. The van der Waals surface area contributed by atoms with E-state index in [-0.39, 0.29) is 17.9 Å². The van der Waals surface area contributed by atoms with Crippen LogP contribution in [0.4, 0.5) is 13.2 Å². The number of aromatic nitrogens is 2. The van der Waals surface area contributed by atoms with Crippen molar-refractivity contribution in [1.82, 2.24) is 9.78 Å². The molecular formula is C10H13F3N2O3. The molecule has 1 rings (SSSR count). The maximum atomic E-state index is 11.9. The van der Waals surface area contributed by atoms with Gasteiger partial charge in [-0.2, -0.15) is 18.3 Å². The largest absolute Gasteiger partial charge is 0.462 e. The number of carbonyl (C=O) groups is 1. The summed E-state index contributed by atoms with van der Waals surface area (Å²) in [4.78, 5) is 11.5. The van der Waals surface area contributed by atoms with Crippen LogP contribution in [0.5, 0.6) is 0 Å². The van der Waals surface area contributed by atoms with Crippen molar-refractivity contribution < 1.29 is 27.4 Å². The van der Waals surface area contributed by atoms with Gasteiger partial charge in [0, 0.05) is 13.2 Å². The van der Waals surface area contributed by atoms with Gasteiger partial charge in [-0.15, -0.1) is 0 Å². The Balaban J connectivity index is 2.67. The van der Waals surface area contributed by atoms with E-state index in [0.29, 0.717) is 0 Å². The molecule has 0 unspecified atom stereocenters. The zero-order valence-corrected chi connectivity index (χ0v) is 9.95. The monoisotopic (exact) mass is 266 g/mol. The summed E-state index contributed by atoms with van der Waals surface area (Å²) in [5, 5.41) is 3.86. The van der Waals surface area contributed by atoms with Crippen molar-refractivity contribution in [2.24, 2.45) is 7.05 Å². The van der Waals surface area contributed by atoms with E-state index < -0.39 is 25.4 Å². The van der Waals surface area contributed by atoms with Gasteiger partial charge < -0.3 is 9.47 Å². The summed E-state index contributed by atoms with van der Waals surface area (Å²) in [5.74, 6) is -0.629. The van der Waals surface area contributed by atoms with E-state index in [4.69, 9.17) is 4.74 Å². The Morgan fingerprint density at radius 1 is 1.50 bits per heavy atom. The predicted molar refractivity (Wildman–Crippen MR) is 54.9 cm³/mol. The van der Waals surface area contributed by atoms with Crippen LogP contribution in [0, 0.1) is 0 Å². The Morgan fingerprint density at radius 3 is 2.72 bits per heavy atom. The molecule has 1 aromatic heterocycles. The normalized spacial score (nSPS) is 11.6. The fourth-order valence-corrected chi connectivity index (χ4v) is 1.28. The van der Waals surface area contributed by atoms with Gasteiger partial charge in [0.15, 0.2) is 0 Å². The second-order valence-corrected chi connectivity index (χ2v) is 3.49. The molecule has 0 bridgehead atoms. The summed E-state index contributed by atoms with van der Waals surface area (Å²) in [6, 6.07) is 0. The van der Waals surface area contributed by atoms with Gasteiger partial charge in [0.05, 0.1) is 13.2 Å². The molecule has 0 amide bonds. The molecule has 0 radical (unpaired) electrons. The molecule has 0 aromatic carbocycles. The summed E-state index contributed by atoms with van der Waals surface area (Å²) in [6.45, 7) is 0.0327. The summed E-state index contributed by atoms with van der Waals surface area (Å²) < 4.78 is 46.2. The average Bonchev–Trinajstić information content (AvgIpc) is 2.58. The zero-order valence-electron chi connectivity index (χ0n) is 9.95. The molecule has 0 atom stereocenters. The highest BCUT2D eigenvalue weighted by Gasteiger charge is 2.28. The Kier molecular flexibility index (Phi) is 4.71. The first kappa shape index (κ1) is 14.5. The van der Waals surface area contributed by atoms with Crippen LogP contribution in [-0.4, -0.2) is 35.1 Å². The molecule has 1 aromatic rings. The van der Waals surface area contributed by atoms with Crippen LogP contribution in [0.15, 0.2) is 6.20 Å². The van der Waals surface area contributed by atoms with Gasteiger partial charge in [0.25, 0.3) is 0 Å². The number of nitrogens with zero attached hydrogens (tertiary/aromatic N) is 2. The fourth-order valence-electron chi connectivity index (χ4n) is 1.28. The lowest BCUT2D eigenvalue weighted by atomic mass is 10.2. The van der Waals surface area contributed by atoms with Gasteiger partial charge in [-0.05, 0) is 6.92 Å². The Bertz CT molecular complexity index is 415. The lowest BCUT2D eigenvalue weighted by molar-refractivity contribution is -0.176. The van der Waals surface area contributed by atoms with E-state index in [2.05, 4.69) is 9.84 Å². The standard InChI is InChI=1S/C10H13F3N2O3/c1-3-18-9(16)7-4-15(2)14-8(7)5-17-6-10(11,12)13/h4H,3,5-6H2,1-2H3. The van der Waals surface area contributed by atoms with Crippen molar-refractivity contribution in [2.45, 2.75) is 19.7 Å². The number of alkyl halides is 3. The molecule has 5 nitrogen and oxygen atoms in total. The maximum absolute atomic E-state index is 11.9. The first-order chi connectivity index (χ1) is 8.33. The van der Waals surface area contributed by atoms with Gasteiger partial charge in [-0.1, -0.05) is 0 Å². The second kappa shape index (κ2) is 5.85. The van der Waals surface area contributed by atoms with E-state index in [1.807, 2.05) is 0 Å². The molecule has 0 aliphatic rings. The van der Waals surface area contributed by atoms with Crippen molar-refractivity contribution in [3.63, 3.8) is 0 Å². The summed E-state index contributed by atoms with van der Waals surface area (Å²) in [5.41, 5.74) is 0.238. The van der Waals surface area contributed by atoms with Gasteiger partial charge in [-0.25, -0.2) is 4.79 Å². The molecule has 0 aliphatic carbocycles. The minimum absolute atomic E-state index is 0.113. The number of hydrogen-bond donors (Lipinski definition) is 0. The Labute approximate surface area is 101 Å². The van der Waals surface area contributed by atoms with E-state index in [1.165, 1.54) is 10.9 Å². The number of aryl methyl sites for hydroxylation is 1. The highest BCUT2D eigenvalue weighted by molar-refractivity contribution is 5.90. The number of rotatable bonds is 5. The molecular weight excluding hydrogens is 253 g/mol. The summed E-state index contributed by atoms with van der Waals surface area (Å²) >= 11 is 0. The quantitative estimate of drug-likeness (QED) is 0.761. The van der Waals surface area contributed by atoms with Crippen molar-refractivity contribution >= 4 is 5.97 Å². The van der Waals surface area contributed by atoms with Crippen LogP contribution in [0.2, 0.25) is 0 Å². The molecule has 18 heavy (non-hydrogen) atoms. The maximum Gasteiger partial charge on any atom is 0.411 e. The van der Waals surface area contributed by atoms with Crippen molar-refractivity contribution in [1.29, 1.82) is 0 Å². The van der Waals surface area contributed by atoms with Crippen LogP contribution >= 0.6 is 0 Å². The van der Waals surface area contributed by atoms with Gasteiger partial charge in [-0.3, -0.25) is 4.68 Å². The molecule has 102 valence electrons. The van der Waals surface area contributed by atoms with E-state index in [0.717, 1.165) is 0 Å². The average molecular weight is 266 g/mol. The van der Waals surface area contributed by atoms with Crippen LogP contribution in [0.1, 0.15) is 23.0 Å². The number of esters is 1. The molecule has 0 saturated heterocycles. The summed E-state index contributed by atoms with van der Waals surface area (Å²) in [6.07, 6.45) is -3.02. The Hall–Kier alpha value is -1.57. The molecule has 0 N–H and O–H groups in total. The number of hydrogen-bond acceptors (Lipinski definition) is 4. The SMILES string of the molecule is CCOC(=O)c1cn(C)nc1COCC(F)(F)F. The lowest BCUT2D eigenvalue weighted by Gasteiger charge is -2.07. The van der Waals surface area contributed by atoms with Crippen LogP contribution in [-0.2, 0) is 23.1 Å². The van der Waals surface area contributed by atoms with Crippen LogP contribution in [0.3, 0.4) is 0 Å². The van der Waals surface area contributed by atoms with Crippen LogP contribution < -0.4 is 0 Å². The summed E-state index contributed by atoms with van der Waals surface area (Å²) in [7, 11) is 1.55. The third kappa shape index (κ3) is 4.36. The number of halogens is 3. The molecule has 0 fully saturated rings. The highest BCUT2D eigenvalue weighted by atomic mass is 19.4. The zero-order chi connectivity index (χ0) is 13.8. The van der Waals surface area contributed by atoms with E-state index in [9.17, 15) is 18.0 Å². The topological polar surface area (TPSA) is 53.4 Å². The molecule has 1 heterocycles. The smallest absolute Gasteiger partial charge is 0.411 e. The van der Waals surface area contributed by atoms with Crippen molar-refractivity contribution in [3.05, 3.63) is 17.5 Å². The number of carbonyl (C=O) groups excluding carboxylic acids is 1. The minimum Gasteiger partial charge on any atom is -0.462 e. The second-order valence-electron chi connectivity index (χ2n) is 3.49. The lowest BCUT2D eigenvalue weighted by Crippen LogP contribution is -2.17. The minimum atomic E-state index is -4.40. The van der Waals surface area contributed by atoms with Gasteiger partial charge in [0.2, 0.25) is 0 Å². The van der Waals surface area contributed by atoms with Crippen molar-refractivity contribution in [3.8, 4) is 0 Å². The third-order valence-corrected chi connectivity index (χ3v) is 1.91. The predicted octanol–water partition coefficient (Wildman–Crippen LogP) is 1.68. The first-order valence-electron chi connectivity index (χ1n) is 5.17. The van der Waals surface area contributed by atoms with E-state index in [1.54, 1.807) is 14.0 Å².